The first-order chi connectivity index (χ1) is 14.1. The lowest BCUT2D eigenvalue weighted by molar-refractivity contribution is -0.115. The van der Waals surface area contributed by atoms with Crippen molar-refractivity contribution in [1.82, 2.24) is 5.32 Å². The van der Waals surface area contributed by atoms with E-state index in [-0.39, 0.29) is 17.3 Å². The Morgan fingerprint density at radius 3 is 2.70 bits per heavy atom. The fourth-order valence-corrected chi connectivity index (χ4v) is 5.01. The van der Waals surface area contributed by atoms with Crippen LogP contribution in [-0.2, 0) is 4.79 Å². The minimum absolute atomic E-state index is 0.0582. The number of carbonyl (C=O) groups is 1. The van der Waals surface area contributed by atoms with Gasteiger partial charge in [-0.05, 0) is 91.5 Å². The molecule has 1 saturated heterocycles. The van der Waals surface area contributed by atoms with Crippen molar-refractivity contribution in [2.45, 2.75) is 38.6 Å². The maximum atomic E-state index is 13.1. The molecule has 0 aliphatic carbocycles. The van der Waals surface area contributed by atoms with Crippen molar-refractivity contribution in [2.75, 3.05) is 11.9 Å². The molecule has 2 aliphatic rings. The quantitative estimate of drug-likeness (QED) is 0.571. The van der Waals surface area contributed by atoms with Gasteiger partial charge in [0.2, 0.25) is 0 Å². The number of nitrogens with zero attached hydrogens (tertiary/aromatic N) is 2. The summed E-state index contributed by atoms with van der Waals surface area (Å²) >= 11 is 7.84. The van der Waals surface area contributed by atoms with Crippen molar-refractivity contribution in [3.63, 3.8) is 0 Å². The maximum Gasteiger partial charge on any atom is 0.264 e. The Labute approximate surface area is 185 Å². The summed E-state index contributed by atoms with van der Waals surface area (Å²) in [5.74, 6) is -0.157. The highest BCUT2D eigenvalue weighted by atomic mass is 35.5. The second-order valence-electron chi connectivity index (χ2n) is 8.37. The van der Waals surface area contributed by atoms with Gasteiger partial charge in [-0.25, -0.2) is 9.38 Å². The molecule has 1 amide bonds. The van der Waals surface area contributed by atoms with E-state index in [2.05, 4.69) is 49.1 Å². The van der Waals surface area contributed by atoms with E-state index in [4.69, 9.17) is 11.6 Å². The van der Waals surface area contributed by atoms with E-state index in [0.717, 1.165) is 17.7 Å². The summed E-state index contributed by atoms with van der Waals surface area (Å²) in [6.45, 7) is 6.69. The Kier molecular flexibility index (Phi) is 5.41. The first-order valence-electron chi connectivity index (χ1n) is 9.76. The van der Waals surface area contributed by atoms with E-state index in [1.165, 1.54) is 29.5 Å². The van der Waals surface area contributed by atoms with Crippen LogP contribution < -0.4 is 10.2 Å². The number of amides is 1. The van der Waals surface area contributed by atoms with E-state index in [9.17, 15) is 9.18 Å². The standard InChI is InChI=1S/C23H23ClFN3OS/c1-13-12-23(2,3)28(4)19-11-18(24)14(9-17(13)19)10-20-21(29)27-22(30-20)26-16-7-5-15(25)6-8-16/h5-11,13H,12H2,1-4H3,(H,26,27,29)/b20-10+. The first-order valence-corrected chi connectivity index (χ1v) is 11.0. The van der Waals surface area contributed by atoms with Crippen LogP contribution in [0.1, 0.15) is 44.2 Å². The molecule has 0 aromatic heterocycles. The summed E-state index contributed by atoms with van der Waals surface area (Å²) in [4.78, 5) is 19.6. The van der Waals surface area contributed by atoms with Crippen LogP contribution in [0.25, 0.3) is 6.08 Å². The molecule has 4 rings (SSSR count). The fourth-order valence-electron chi connectivity index (χ4n) is 3.97. The van der Waals surface area contributed by atoms with E-state index in [1.807, 2.05) is 12.1 Å². The molecule has 156 valence electrons. The zero-order chi connectivity index (χ0) is 21.6. The molecule has 7 heteroatoms. The summed E-state index contributed by atoms with van der Waals surface area (Å²) in [5.41, 5.74) is 3.82. The van der Waals surface area contributed by atoms with Crippen LogP contribution in [0.4, 0.5) is 15.8 Å². The van der Waals surface area contributed by atoms with Gasteiger partial charge in [0.1, 0.15) is 5.82 Å². The SMILES string of the molecule is CC1CC(C)(C)N(C)c2cc(Cl)c(/C=C3/SC(=Nc4ccc(F)cc4)NC3=O)cc21. The molecule has 30 heavy (non-hydrogen) atoms. The van der Waals surface area contributed by atoms with Gasteiger partial charge in [0.25, 0.3) is 5.91 Å². The predicted octanol–water partition coefficient (Wildman–Crippen LogP) is 6.09. The van der Waals surface area contributed by atoms with Gasteiger partial charge in [0, 0.05) is 23.3 Å². The summed E-state index contributed by atoms with van der Waals surface area (Å²) in [5, 5.41) is 3.82. The van der Waals surface area contributed by atoms with Crippen molar-refractivity contribution in [1.29, 1.82) is 0 Å². The molecule has 1 N–H and O–H groups in total. The number of hydrogen-bond acceptors (Lipinski definition) is 4. The Hall–Kier alpha value is -2.31. The Morgan fingerprint density at radius 2 is 2.00 bits per heavy atom. The van der Waals surface area contributed by atoms with Crippen LogP contribution in [0.5, 0.6) is 0 Å². The number of carbonyl (C=O) groups excluding carboxylic acids is 1. The Balaban J connectivity index is 1.64. The molecule has 4 nitrogen and oxygen atoms in total. The second kappa shape index (κ2) is 7.75. The number of nitrogens with one attached hydrogen (secondary N) is 1. The highest BCUT2D eigenvalue weighted by Crippen LogP contribution is 2.45. The smallest absolute Gasteiger partial charge is 0.264 e. The summed E-state index contributed by atoms with van der Waals surface area (Å²) in [6.07, 6.45) is 2.85. The van der Waals surface area contributed by atoms with E-state index in [0.29, 0.717) is 26.7 Å². The van der Waals surface area contributed by atoms with Gasteiger partial charge < -0.3 is 10.2 Å². The highest BCUT2D eigenvalue weighted by Gasteiger charge is 2.34. The number of fused-ring (bicyclic) bond motifs is 1. The van der Waals surface area contributed by atoms with Gasteiger partial charge in [-0.1, -0.05) is 18.5 Å². The third-order valence-corrected chi connectivity index (χ3v) is 6.98. The number of halogens is 2. The minimum atomic E-state index is -0.326. The van der Waals surface area contributed by atoms with Gasteiger partial charge in [-0.2, -0.15) is 0 Å². The normalized spacial score (nSPS) is 23.1. The zero-order valence-electron chi connectivity index (χ0n) is 17.3. The molecule has 1 fully saturated rings. The molecule has 0 spiro atoms. The molecular formula is C23H23ClFN3OS. The topological polar surface area (TPSA) is 44.7 Å². The van der Waals surface area contributed by atoms with Gasteiger partial charge in [0.15, 0.2) is 5.17 Å². The molecule has 1 unspecified atom stereocenters. The van der Waals surface area contributed by atoms with Gasteiger partial charge in [-0.3, -0.25) is 4.79 Å². The summed E-state index contributed by atoms with van der Waals surface area (Å²) in [6, 6.07) is 9.89. The minimum Gasteiger partial charge on any atom is -0.369 e. The van der Waals surface area contributed by atoms with Crippen molar-refractivity contribution >= 4 is 51.9 Å². The lowest BCUT2D eigenvalue weighted by atomic mass is 9.80. The van der Waals surface area contributed by atoms with Crippen molar-refractivity contribution < 1.29 is 9.18 Å². The van der Waals surface area contributed by atoms with Crippen molar-refractivity contribution in [3.05, 3.63) is 63.3 Å². The molecule has 2 heterocycles. The lowest BCUT2D eigenvalue weighted by Crippen LogP contribution is -2.45. The van der Waals surface area contributed by atoms with E-state index < -0.39 is 0 Å². The van der Waals surface area contributed by atoms with Crippen molar-refractivity contribution in [3.8, 4) is 0 Å². The van der Waals surface area contributed by atoms with Crippen LogP contribution in [0.3, 0.4) is 0 Å². The highest BCUT2D eigenvalue weighted by molar-refractivity contribution is 8.18. The predicted molar refractivity (Wildman–Crippen MR) is 124 cm³/mol. The molecule has 0 radical (unpaired) electrons. The Bertz CT molecular complexity index is 1080. The van der Waals surface area contributed by atoms with Gasteiger partial charge in [0.05, 0.1) is 10.6 Å². The number of rotatable bonds is 2. The number of anilines is 1. The average molecular weight is 444 g/mol. The third-order valence-electron chi connectivity index (χ3n) is 5.75. The van der Waals surface area contributed by atoms with Crippen LogP contribution >= 0.6 is 23.4 Å². The molecule has 2 aromatic carbocycles. The molecule has 0 bridgehead atoms. The number of benzene rings is 2. The van der Waals surface area contributed by atoms with Crippen LogP contribution in [-0.4, -0.2) is 23.7 Å². The summed E-state index contributed by atoms with van der Waals surface area (Å²) in [7, 11) is 2.09. The van der Waals surface area contributed by atoms with E-state index in [1.54, 1.807) is 12.1 Å². The zero-order valence-corrected chi connectivity index (χ0v) is 18.9. The monoisotopic (exact) mass is 443 g/mol. The van der Waals surface area contributed by atoms with Crippen LogP contribution in [0, 0.1) is 5.82 Å². The number of aliphatic imine (C=N–C) groups is 1. The molecule has 1 atom stereocenters. The van der Waals surface area contributed by atoms with Gasteiger partial charge in [-0.15, -0.1) is 0 Å². The molecular weight excluding hydrogens is 421 g/mol. The lowest BCUT2D eigenvalue weighted by Gasteiger charge is -2.45. The third kappa shape index (κ3) is 3.98. The van der Waals surface area contributed by atoms with Crippen LogP contribution in [0.2, 0.25) is 5.02 Å². The Morgan fingerprint density at radius 1 is 1.30 bits per heavy atom. The molecule has 2 aromatic rings. The average Bonchev–Trinajstić information content (AvgIpc) is 3.01. The molecule has 2 aliphatic heterocycles. The summed E-state index contributed by atoms with van der Waals surface area (Å²) < 4.78 is 13.1. The van der Waals surface area contributed by atoms with Gasteiger partial charge >= 0.3 is 0 Å². The fraction of sp³-hybridized carbons (Fsp3) is 0.304. The maximum absolute atomic E-state index is 13.1. The number of amidine groups is 1. The number of hydrogen-bond donors (Lipinski definition) is 1. The van der Waals surface area contributed by atoms with E-state index >= 15 is 0 Å². The largest absolute Gasteiger partial charge is 0.369 e. The molecule has 0 saturated carbocycles. The van der Waals surface area contributed by atoms with Crippen molar-refractivity contribution in [2.24, 2.45) is 4.99 Å². The van der Waals surface area contributed by atoms with Crippen LogP contribution in [0.15, 0.2) is 46.3 Å². The second-order valence-corrected chi connectivity index (χ2v) is 9.81. The first kappa shape index (κ1) is 20.9. The number of thioether (sulfide) groups is 1.